The molecule has 2 aromatic rings. The molecule has 0 radical (unpaired) electrons. The summed E-state index contributed by atoms with van der Waals surface area (Å²) < 4.78 is 27.9. The Morgan fingerprint density at radius 2 is 1.87 bits per heavy atom. The first-order valence-electron chi connectivity index (χ1n) is 10.2. The van der Waals surface area contributed by atoms with Gasteiger partial charge in [-0.25, -0.2) is 13.1 Å². The van der Waals surface area contributed by atoms with Gasteiger partial charge in [0.2, 0.25) is 10.0 Å². The van der Waals surface area contributed by atoms with Crippen molar-refractivity contribution < 1.29 is 13.2 Å². The molecule has 7 heteroatoms. The number of aryl methyl sites for hydroxylation is 2. The molecule has 0 unspecified atom stereocenters. The Bertz CT molecular complexity index is 1060. The van der Waals surface area contributed by atoms with Gasteiger partial charge < -0.3 is 10.2 Å². The maximum atomic E-state index is 12.8. The van der Waals surface area contributed by atoms with E-state index in [-0.39, 0.29) is 10.8 Å². The lowest BCUT2D eigenvalue weighted by molar-refractivity contribution is 0.0950. The van der Waals surface area contributed by atoms with E-state index in [1.165, 1.54) is 23.4 Å². The summed E-state index contributed by atoms with van der Waals surface area (Å²) in [5.74, 6) is -0.282. The van der Waals surface area contributed by atoms with Gasteiger partial charge in [-0.2, -0.15) is 0 Å². The predicted molar refractivity (Wildman–Crippen MR) is 120 cm³/mol. The molecule has 2 aromatic carbocycles. The number of hydrogen-bond acceptors (Lipinski definition) is 4. The lowest BCUT2D eigenvalue weighted by Crippen LogP contribution is -2.40. The molecule has 1 aliphatic heterocycles. The van der Waals surface area contributed by atoms with Crippen LogP contribution in [0.25, 0.3) is 0 Å². The third-order valence-electron chi connectivity index (χ3n) is 5.15. The summed E-state index contributed by atoms with van der Waals surface area (Å²) in [6.45, 7) is 8.60. The van der Waals surface area contributed by atoms with Crippen LogP contribution in [0.1, 0.15) is 54.2 Å². The monoisotopic (exact) mass is 429 g/mol. The number of carbonyl (C=O) groups excluding carboxylic acids is 1. The Morgan fingerprint density at radius 3 is 2.57 bits per heavy atom. The summed E-state index contributed by atoms with van der Waals surface area (Å²) in [5.41, 5.74) is 4.07. The number of hydrogen-bond donors (Lipinski definition) is 2. The van der Waals surface area contributed by atoms with Gasteiger partial charge in [0, 0.05) is 36.9 Å². The molecule has 30 heavy (non-hydrogen) atoms. The molecule has 0 fully saturated rings. The van der Waals surface area contributed by atoms with Crippen LogP contribution in [0.2, 0.25) is 0 Å². The number of rotatable bonds is 5. The number of amides is 1. The fourth-order valence-corrected chi connectivity index (χ4v) is 5.15. The Balaban J connectivity index is 1.76. The minimum atomic E-state index is -3.71. The molecule has 3 rings (SSSR count). The van der Waals surface area contributed by atoms with Crippen molar-refractivity contribution in [3.05, 3.63) is 58.7 Å². The van der Waals surface area contributed by atoms with Crippen molar-refractivity contribution in [3.8, 4) is 0 Å². The maximum Gasteiger partial charge on any atom is 0.251 e. The van der Waals surface area contributed by atoms with Gasteiger partial charge in [0.25, 0.3) is 5.91 Å². The fourth-order valence-electron chi connectivity index (χ4n) is 3.70. The van der Waals surface area contributed by atoms with Gasteiger partial charge in [-0.15, -0.1) is 0 Å². The number of nitrogens with one attached hydrogen (secondary N) is 2. The van der Waals surface area contributed by atoms with Crippen molar-refractivity contribution in [1.82, 2.24) is 10.0 Å². The van der Waals surface area contributed by atoms with Crippen LogP contribution in [-0.2, 0) is 23.0 Å². The molecule has 1 aliphatic rings. The van der Waals surface area contributed by atoms with E-state index in [2.05, 4.69) is 34.1 Å². The van der Waals surface area contributed by atoms with Crippen LogP contribution >= 0.6 is 0 Å². The highest BCUT2D eigenvalue weighted by molar-refractivity contribution is 7.89. The first kappa shape index (κ1) is 22.3. The van der Waals surface area contributed by atoms with Gasteiger partial charge in [0.15, 0.2) is 0 Å². The molecule has 1 heterocycles. The third-order valence-corrected chi connectivity index (χ3v) is 6.91. The Kier molecular flexibility index (Phi) is 6.24. The largest absolute Gasteiger partial charge is 0.374 e. The van der Waals surface area contributed by atoms with Crippen molar-refractivity contribution in [2.45, 2.75) is 57.5 Å². The second-order valence-electron chi connectivity index (χ2n) is 9.00. The molecular weight excluding hydrogens is 398 g/mol. The minimum Gasteiger partial charge on any atom is -0.374 e. The molecule has 6 nitrogen and oxygen atoms in total. The number of benzene rings is 2. The van der Waals surface area contributed by atoms with E-state index in [0.29, 0.717) is 12.1 Å². The smallest absolute Gasteiger partial charge is 0.251 e. The molecule has 0 spiro atoms. The Labute approximate surface area is 179 Å². The van der Waals surface area contributed by atoms with E-state index in [1.54, 1.807) is 33.8 Å². The highest BCUT2D eigenvalue weighted by Gasteiger charge is 2.23. The number of fused-ring (bicyclic) bond motifs is 1. The standard InChI is InChI=1S/C23H31N3O3S/c1-16-8-10-19(30(28,29)25-23(2,3)4)14-20(16)22(27)24-15-17-9-11-21-18(13-17)7-6-12-26(21)5/h8-11,13-14,25H,6-7,12,15H2,1-5H3,(H,24,27). The summed E-state index contributed by atoms with van der Waals surface area (Å²) in [7, 11) is -1.61. The normalized spacial score (nSPS) is 14.4. The van der Waals surface area contributed by atoms with Crippen molar-refractivity contribution in [2.75, 3.05) is 18.5 Å². The van der Waals surface area contributed by atoms with Crippen LogP contribution in [0.4, 0.5) is 5.69 Å². The van der Waals surface area contributed by atoms with E-state index < -0.39 is 15.6 Å². The van der Waals surface area contributed by atoms with Crippen molar-refractivity contribution >= 4 is 21.6 Å². The molecule has 1 amide bonds. The first-order valence-corrected chi connectivity index (χ1v) is 11.7. The first-order chi connectivity index (χ1) is 14.0. The highest BCUT2D eigenvalue weighted by Crippen LogP contribution is 2.27. The molecule has 0 atom stereocenters. The van der Waals surface area contributed by atoms with E-state index in [1.807, 2.05) is 6.07 Å². The maximum absolute atomic E-state index is 12.8. The second kappa shape index (κ2) is 8.40. The van der Waals surface area contributed by atoms with Gasteiger partial charge in [0.1, 0.15) is 0 Å². The van der Waals surface area contributed by atoms with Crippen LogP contribution in [0.3, 0.4) is 0 Å². The summed E-state index contributed by atoms with van der Waals surface area (Å²) >= 11 is 0. The average molecular weight is 430 g/mol. The van der Waals surface area contributed by atoms with Crippen molar-refractivity contribution in [1.29, 1.82) is 0 Å². The van der Waals surface area contributed by atoms with Gasteiger partial charge in [-0.3, -0.25) is 4.79 Å². The number of nitrogens with zero attached hydrogens (tertiary/aromatic N) is 1. The van der Waals surface area contributed by atoms with Crippen LogP contribution in [0.15, 0.2) is 41.3 Å². The highest BCUT2D eigenvalue weighted by atomic mass is 32.2. The van der Waals surface area contributed by atoms with Crippen molar-refractivity contribution in [3.63, 3.8) is 0 Å². The van der Waals surface area contributed by atoms with Crippen LogP contribution in [-0.4, -0.2) is 33.5 Å². The zero-order valence-electron chi connectivity index (χ0n) is 18.4. The summed E-state index contributed by atoms with van der Waals surface area (Å²) in [5, 5.41) is 2.93. The summed E-state index contributed by atoms with van der Waals surface area (Å²) in [4.78, 5) is 15.1. The van der Waals surface area contributed by atoms with Gasteiger partial charge >= 0.3 is 0 Å². The van der Waals surface area contributed by atoms with E-state index in [9.17, 15) is 13.2 Å². The molecule has 0 saturated carbocycles. The van der Waals surface area contributed by atoms with Crippen molar-refractivity contribution in [2.24, 2.45) is 0 Å². The third kappa shape index (κ3) is 5.21. The summed E-state index contributed by atoms with van der Waals surface area (Å²) in [6, 6.07) is 10.9. The average Bonchev–Trinajstić information content (AvgIpc) is 2.64. The second-order valence-corrected chi connectivity index (χ2v) is 10.7. The zero-order valence-corrected chi connectivity index (χ0v) is 19.2. The molecule has 0 aromatic heterocycles. The van der Waals surface area contributed by atoms with Gasteiger partial charge in [-0.1, -0.05) is 18.2 Å². The Hall–Kier alpha value is -2.38. The molecule has 0 saturated heterocycles. The number of sulfonamides is 1. The molecule has 0 bridgehead atoms. The van der Waals surface area contributed by atoms with Gasteiger partial charge in [0.05, 0.1) is 4.90 Å². The van der Waals surface area contributed by atoms with Gasteiger partial charge in [-0.05, 0) is 75.4 Å². The molecule has 162 valence electrons. The van der Waals surface area contributed by atoms with Crippen LogP contribution in [0.5, 0.6) is 0 Å². The lowest BCUT2D eigenvalue weighted by atomic mass is 9.99. The minimum absolute atomic E-state index is 0.0880. The Morgan fingerprint density at radius 1 is 1.13 bits per heavy atom. The number of anilines is 1. The molecular formula is C23H31N3O3S. The van der Waals surface area contributed by atoms with E-state index in [4.69, 9.17) is 0 Å². The fraction of sp³-hybridized carbons (Fsp3) is 0.435. The lowest BCUT2D eigenvalue weighted by Gasteiger charge is -2.27. The zero-order chi connectivity index (χ0) is 22.1. The van der Waals surface area contributed by atoms with E-state index in [0.717, 1.165) is 30.5 Å². The topological polar surface area (TPSA) is 78.5 Å². The quantitative estimate of drug-likeness (QED) is 0.764. The van der Waals surface area contributed by atoms with E-state index >= 15 is 0 Å². The molecule has 2 N–H and O–H groups in total. The molecule has 0 aliphatic carbocycles. The predicted octanol–water partition coefficient (Wildman–Crippen LogP) is 3.38. The van der Waals surface area contributed by atoms with Crippen LogP contribution in [0, 0.1) is 6.92 Å². The van der Waals surface area contributed by atoms with Crippen LogP contribution < -0.4 is 14.9 Å². The SMILES string of the molecule is Cc1ccc(S(=O)(=O)NC(C)(C)C)cc1C(=O)NCc1ccc2c(c1)CCCN2C. The number of carbonyl (C=O) groups is 1. The summed E-state index contributed by atoms with van der Waals surface area (Å²) in [6.07, 6.45) is 2.17.